The van der Waals surface area contributed by atoms with Crippen LogP contribution < -0.4 is 0 Å². The Balaban J connectivity index is -0.00000000167. The van der Waals surface area contributed by atoms with Crippen LogP contribution in [0, 0.1) is 0 Å². The van der Waals surface area contributed by atoms with Crippen LogP contribution in [0.1, 0.15) is 7.43 Å². The zero-order valence-electron chi connectivity index (χ0n) is 0.732. The second kappa shape index (κ2) is 29.0. The Bertz CT molecular complexity index is 11.6. The van der Waals surface area contributed by atoms with E-state index >= 15 is 0 Å². The molecule has 0 unspecified atom stereocenters. The van der Waals surface area contributed by atoms with Gasteiger partial charge in [0.25, 0.3) is 0 Å². The first-order valence-electron chi connectivity index (χ1n) is 0.134. The molecule has 0 N–H and O–H groups in total. The third-order valence-electron chi connectivity index (χ3n) is 0. The summed E-state index contributed by atoms with van der Waals surface area (Å²) in [5.74, 6) is 0. The van der Waals surface area contributed by atoms with Crippen LogP contribution in [-0.2, 0) is 28.4 Å². The van der Waals surface area contributed by atoms with E-state index in [-0.39, 0.29) is 62.5 Å². The van der Waals surface area contributed by atoms with Crippen LogP contribution >= 0.6 is 0 Å². The van der Waals surface area contributed by atoms with Gasteiger partial charge in [-0.1, -0.05) is 7.43 Å². The van der Waals surface area contributed by atoms with Crippen molar-refractivity contribution in [3.05, 3.63) is 0 Å². The Morgan fingerprint density at radius 2 is 1.20 bits per heavy atom. The first-order chi connectivity index (χ1) is 1.00. The average molecular weight is 199 g/mol. The van der Waals surface area contributed by atoms with Crippen LogP contribution in [0.3, 0.4) is 0 Å². The van der Waals surface area contributed by atoms with Gasteiger partial charge in [0.05, 0.1) is 0 Å². The van der Waals surface area contributed by atoms with E-state index < -0.39 is 0 Å². The van der Waals surface area contributed by atoms with Gasteiger partial charge >= 0.3 is 66.1 Å². The molecule has 4 heteroatoms. The summed E-state index contributed by atoms with van der Waals surface area (Å²) in [6.07, 6.45) is 0. The maximum absolute atomic E-state index is 3.06. The Kier molecular flexibility index (Phi) is 144. The van der Waals surface area contributed by atoms with Gasteiger partial charge in [-0.3, -0.25) is 0 Å². The zero-order valence-corrected chi connectivity index (χ0v) is 3.02. The van der Waals surface area contributed by atoms with Crippen LogP contribution in [0.4, 0.5) is 0 Å². The van der Waals surface area contributed by atoms with Gasteiger partial charge < -0.3 is 0 Å². The van der Waals surface area contributed by atoms with E-state index in [0.717, 1.165) is 0 Å². The third-order valence-corrected chi connectivity index (χ3v) is 0. The van der Waals surface area contributed by atoms with Gasteiger partial charge in [-0.25, -0.2) is 0 Å². The standard InChI is InChI=1S/CH4.Al.Ca.Fe.Mn.5H/h1H4;;;;;;;;;. The molecule has 0 fully saturated rings. The van der Waals surface area contributed by atoms with Crippen molar-refractivity contribution in [2.24, 2.45) is 0 Å². The van der Waals surface area contributed by atoms with Crippen LogP contribution in [0.2, 0.25) is 0 Å². The van der Waals surface area contributed by atoms with Crippen LogP contribution in [-0.4, -0.2) is 55.1 Å². The molecule has 0 saturated heterocycles. The van der Waals surface area contributed by atoms with E-state index in [2.05, 4.69) is 28.4 Å². The molecule has 0 bridgehead atoms. The molecule has 0 rings (SSSR count). The molecule has 0 amide bonds. The predicted octanol–water partition coefficient (Wildman–Crippen LogP) is -1.47. The molecule has 0 aromatic heterocycles. The predicted molar refractivity (Wildman–Crippen MR) is 25.2 cm³/mol. The molecule has 0 spiro atoms. The summed E-state index contributed by atoms with van der Waals surface area (Å²) >= 11 is 5.75. The summed E-state index contributed by atoms with van der Waals surface area (Å²) in [4.78, 5) is 0. The SMILES string of the molecule is C.[AlH3].[CaH2].[Mn][Fe]. The van der Waals surface area contributed by atoms with Gasteiger partial charge in [0.15, 0.2) is 17.4 Å². The molecule has 5 heavy (non-hydrogen) atoms. The Morgan fingerprint density at radius 3 is 1.20 bits per heavy atom. The van der Waals surface area contributed by atoms with Crippen molar-refractivity contribution in [2.45, 2.75) is 7.43 Å². The topological polar surface area (TPSA) is 0 Å². The molecule has 0 aromatic rings. The Labute approximate surface area is 89.2 Å². The normalized spacial score (nSPS) is 1.20. The molecule has 0 nitrogen and oxygen atoms in total. The second-order valence-corrected chi connectivity index (χ2v) is 0. The molecule has 0 atom stereocenters. The zero-order chi connectivity index (χ0) is 2.00. The van der Waals surface area contributed by atoms with Crippen molar-refractivity contribution < 1.29 is 28.4 Å². The second-order valence-electron chi connectivity index (χ2n) is 0. The van der Waals surface area contributed by atoms with Crippen molar-refractivity contribution >= 4 is 55.1 Å². The van der Waals surface area contributed by atoms with Crippen molar-refractivity contribution in [2.75, 3.05) is 0 Å². The van der Waals surface area contributed by atoms with Crippen molar-refractivity contribution in [1.29, 1.82) is 0 Å². The van der Waals surface area contributed by atoms with Crippen LogP contribution in [0.15, 0.2) is 0 Å². The van der Waals surface area contributed by atoms with E-state index in [4.69, 9.17) is 0 Å². The first-order valence-corrected chi connectivity index (χ1v) is 2.27. The van der Waals surface area contributed by atoms with E-state index in [1.807, 2.05) is 0 Å². The van der Waals surface area contributed by atoms with Gasteiger partial charge in [0.2, 0.25) is 0 Å². The molecule has 0 aliphatic heterocycles. The van der Waals surface area contributed by atoms with Crippen LogP contribution in [0.25, 0.3) is 0 Å². The fraction of sp³-hybridized carbons (Fsp3) is 1.00. The molecule has 0 aromatic carbocycles. The van der Waals surface area contributed by atoms with Crippen LogP contribution in [0.5, 0.6) is 0 Å². The van der Waals surface area contributed by atoms with E-state index in [0.29, 0.717) is 0 Å². The molecule has 0 radical (unpaired) electrons. The quantitative estimate of drug-likeness (QED) is 0.418. The summed E-state index contributed by atoms with van der Waals surface area (Å²) in [7, 11) is 0. The van der Waals surface area contributed by atoms with Gasteiger partial charge in [-0.05, 0) is 0 Å². The number of hydrogen-bond acceptors (Lipinski definition) is 0. The monoisotopic (exact) mass is 199 g/mol. The first kappa shape index (κ1) is 24.9. The van der Waals surface area contributed by atoms with E-state index in [9.17, 15) is 0 Å². The molecule has 0 saturated carbocycles. The minimum atomic E-state index is 0. The van der Waals surface area contributed by atoms with Crippen molar-refractivity contribution in [1.82, 2.24) is 0 Å². The summed E-state index contributed by atoms with van der Waals surface area (Å²) in [6, 6.07) is 0. The van der Waals surface area contributed by atoms with Gasteiger partial charge in [-0.15, -0.1) is 0 Å². The minimum absolute atomic E-state index is 0. The van der Waals surface area contributed by atoms with Gasteiger partial charge in [0, 0.05) is 0 Å². The van der Waals surface area contributed by atoms with E-state index in [1.54, 1.807) is 0 Å². The van der Waals surface area contributed by atoms with Gasteiger partial charge in [0.1, 0.15) is 0 Å². The Hall–Kier alpha value is 2.83. The fourth-order valence-corrected chi connectivity index (χ4v) is 0. The summed E-state index contributed by atoms with van der Waals surface area (Å²) in [5.41, 5.74) is 0. The molecular formula is CH9AlCaFeMn. The van der Waals surface area contributed by atoms with E-state index in [1.165, 1.54) is 0 Å². The summed E-state index contributed by atoms with van der Waals surface area (Å²) in [5, 5.41) is 0. The van der Waals surface area contributed by atoms with Gasteiger partial charge in [-0.2, -0.15) is 0 Å². The van der Waals surface area contributed by atoms with Crippen molar-refractivity contribution in [3.63, 3.8) is 0 Å². The fourth-order valence-electron chi connectivity index (χ4n) is 0. The third kappa shape index (κ3) is 19.9. The molecule has 0 aliphatic rings. The molecule has 0 heterocycles. The van der Waals surface area contributed by atoms with Crippen molar-refractivity contribution in [3.8, 4) is 0 Å². The number of hydrogen-bond donors (Lipinski definition) is 0. The molecule has 0 aliphatic carbocycles. The number of rotatable bonds is 0. The summed E-state index contributed by atoms with van der Waals surface area (Å²) < 4.78 is 0. The Morgan fingerprint density at radius 1 is 1.20 bits per heavy atom. The molecular weight excluding hydrogens is 190 g/mol. The maximum atomic E-state index is 3.06. The average Bonchev–Trinajstić information content (AvgIpc) is 1.00. The molecule has 33 valence electrons. The summed E-state index contributed by atoms with van der Waals surface area (Å²) in [6.45, 7) is 0.